The van der Waals surface area contributed by atoms with E-state index in [1.165, 1.54) is 18.7 Å². The highest BCUT2D eigenvalue weighted by Gasteiger charge is 2.04. The van der Waals surface area contributed by atoms with E-state index in [4.69, 9.17) is 28.0 Å². The first-order valence-electron chi connectivity index (χ1n) is 3.07. The first-order chi connectivity index (χ1) is 5.75. The van der Waals surface area contributed by atoms with Gasteiger partial charge in [-0.25, -0.2) is 5.48 Å². The Labute approximate surface area is 79.9 Å². The van der Waals surface area contributed by atoms with Crippen LogP contribution in [0.15, 0.2) is 25.2 Å². The predicted octanol–water partition coefficient (Wildman–Crippen LogP) is 2.88. The molecule has 1 aromatic rings. The summed E-state index contributed by atoms with van der Waals surface area (Å²) < 4.78 is 0. The molecular formula is C7H6Cl2N2O. The van der Waals surface area contributed by atoms with E-state index in [2.05, 4.69) is 17.0 Å². The standard InChI is InChI=1S/C7H6Cl2N2O/c1-2-12-11-7-5(8)3-10-4-6(7)9/h2-4H,1H2,(H,10,11). The average Bonchev–Trinajstić information content (AvgIpc) is 2.04. The summed E-state index contributed by atoms with van der Waals surface area (Å²) in [6, 6.07) is 0. The molecule has 1 N–H and O–H groups in total. The van der Waals surface area contributed by atoms with E-state index in [9.17, 15) is 0 Å². The lowest BCUT2D eigenvalue weighted by atomic mass is 10.4. The molecule has 0 aromatic carbocycles. The second-order valence-electron chi connectivity index (χ2n) is 1.86. The first kappa shape index (κ1) is 9.16. The molecule has 0 unspecified atom stereocenters. The van der Waals surface area contributed by atoms with Gasteiger partial charge >= 0.3 is 0 Å². The maximum Gasteiger partial charge on any atom is 0.112 e. The monoisotopic (exact) mass is 204 g/mol. The Balaban J connectivity index is 2.88. The van der Waals surface area contributed by atoms with Gasteiger partial charge in [-0.15, -0.1) is 0 Å². The fourth-order valence-electron chi connectivity index (χ4n) is 0.609. The SMILES string of the molecule is C=CONc1c(Cl)cncc1Cl. The lowest BCUT2D eigenvalue weighted by Crippen LogP contribution is -1.96. The van der Waals surface area contributed by atoms with E-state index < -0.39 is 0 Å². The molecule has 0 amide bonds. The third kappa shape index (κ3) is 2.03. The molecule has 1 heterocycles. The van der Waals surface area contributed by atoms with E-state index in [0.29, 0.717) is 15.7 Å². The van der Waals surface area contributed by atoms with E-state index in [-0.39, 0.29) is 0 Å². The number of rotatable bonds is 3. The average molecular weight is 205 g/mol. The molecule has 12 heavy (non-hydrogen) atoms. The second-order valence-corrected chi connectivity index (χ2v) is 2.68. The number of hydrogen-bond acceptors (Lipinski definition) is 3. The maximum atomic E-state index is 5.74. The van der Waals surface area contributed by atoms with Crippen LogP contribution in [0.1, 0.15) is 0 Å². The topological polar surface area (TPSA) is 34.1 Å². The largest absolute Gasteiger partial charge is 0.391 e. The zero-order valence-electron chi connectivity index (χ0n) is 6.05. The van der Waals surface area contributed by atoms with Crippen molar-refractivity contribution in [1.29, 1.82) is 0 Å². The van der Waals surface area contributed by atoms with Crippen molar-refractivity contribution in [1.82, 2.24) is 4.98 Å². The number of halogens is 2. The molecule has 3 nitrogen and oxygen atoms in total. The van der Waals surface area contributed by atoms with Gasteiger partial charge in [0.1, 0.15) is 11.9 Å². The summed E-state index contributed by atoms with van der Waals surface area (Å²) in [4.78, 5) is 8.47. The van der Waals surface area contributed by atoms with Crippen LogP contribution >= 0.6 is 23.2 Å². The molecule has 0 atom stereocenters. The number of pyridine rings is 1. The molecule has 0 aliphatic carbocycles. The van der Waals surface area contributed by atoms with Crippen molar-refractivity contribution in [2.75, 3.05) is 5.48 Å². The molecule has 64 valence electrons. The Morgan fingerprint density at radius 1 is 1.42 bits per heavy atom. The minimum atomic E-state index is 0.393. The fourth-order valence-corrected chi connectivity index (χ4v) is 1.05. The molecule has 0 aliphatic heterocycles. The Morgan fingerprint density at radius 3 is 2.50 bits per heavy atom. The van der Waals surface area contributed by atoms with Crippen LogP contribution in [-0.4, -0.2) is 4.98 Å². The molecule has 0 radical (unpaired) electrons. The smallest absolute Gasteiger partial charge is 0.112 e. The van der Waals surface area contributed by atoms with Gasteiger partial charge in [-0.3, -0.25) is 4.98 Å². The van der Waals surface area contributed by atoms with Crippen LogP contribution in [0, 0.1) is 0 Å². The van der Waals surface area contributed by atoms with E-state index in [0.717, 1.165) is 0 Å². The normalized spacial score (nSPS) is 9.17. The highest BCUT2D eigenvalue weighted by Crippen LogP contribution is 2.28. The van der Waals surface area contributed by atoms with Gasteiger partial charge in [0.05, 0.1) is 10.0 Å². The number of nitrogens with one attached hydrogen (secondary N) is 1. The molecule has 0 aliphatic rings. The van der Waals surface area contributed by atoms with E-state index >= 15 is 0 Å². The van der Waals surface area contributed by atoms with Gasteiger partial charge in [-0.1, -0.05) is 29.8 Å². The Kier molecular flexibility index (Phi) is 3.19. The predicted molar refractivity (Wildman–Crippen MR) is 49.2 cm³/mol. The van der Waals surface area contributed by atoms with Crippen molar-refractivity contribution in [2.45, 2.75) is 0 Å². The minimum Gasteiger partial charge on any atom is -0.391 e. The first-order valence-corrected chi connectivity index (χ1v) is 3.83. The van der Waals surface area contributed by atoms with E-state index in [1.807, 2.05) is 0 Å². The van der Waals surface area contributed by atoms with Crippen molar-refractivity contribution in [3.8, 4) is 0 Å². The molecule has 0 fully saturated rings. The Bertz CT molecular complexity index is 270. The molecule has 0 spiro atoms. The fraction of sp³-hybridized carbons (Fsp3) is 0. The van der Waals surface area contributed by atoms with Gasteiger partial charge in [0.25, 0.3) is 0 Å². The molecule has 5 heteroatoms. The van der Waals surface area contributed by atoms with Crippen LogP contribution in [0.25, 0.3) is 0 Å². The van der Waals surface area contributed by atoms with Crippen molar-refractivity contribution in [3.63, 3.8) is 0 Å². The highest BCUT2D eigenvalue weighted by molar-refractivity contribution is 6.38. The zero-order chi connectivity index (χ0) is 8.97. The van der Waals surface area contributed by atoms with Crippen LogP contribution in [0.3, 0.4) is 0 Å². The number of anilines is 1. The third-order valence-corrected chi connectivity index (χ3v) is 1.67. The number of nitrogens with zero attached hydrogens (tertiary/aromatic N) is 1. The second kappa shape index (κ2) is 4.18. The summed E-state index contributed by atoms with van der Waals surface area (Å²) >= 11 is 11.5. The van der Waals surface area contributed by atoms with Gasteiger partial charge in [-0.2, -0.15) is 0 Å². The quantitative estimate of drug-likeness (QED) is 0.608. The molecule has 0 saturated heterocycles. The van der Waals surface area contributed by atoms with Crippen LogP contribution < -0.4 is 5.48 Å². The van der Waals surface area contributed by atoms with Crippen molar-refractivity contribution < 1.29 is 4.84 Å². The molecule has 1 rings (SSSR count). The summed E-state index contributed by atoms with van der Waals surface area (Å²) in [5.41, 5.74) is 2.99. The van der Waals surface area contributed by atoms with Crippen LogP contribution in [0.2, 0.25) is 10.0 Å². The molecule has 1 aromatic heterocycles. The summed E-state index contributed by atoms with van der Waals surface area (Å²) in [7, 11) is 0. The van der Waals surface area contributed by atoms with Crippen LogP contribution in [-0.2, 0) is 4.84 Å². The summed E-state index contributed by atoms with van der Waals surface area (Å²) in [6.45, 7) is 3.35. The van der Waals surface area contributed by atoms with Gasteiger partial charge in [-0.05, 0) is 0 Å². The molecule has 0 bridgehead atoms. The van der Waals surface area contributed by atoms with Crippen molar-refractivity contribution >= 4 is 28.9 Å². The van der Waals surface area contributed by atoms with Crippen LogP contribution in [0.5, 0.6) is 0 Å². The summed E-state index contributed by atoms with van der Waals surface area (Å²) in [5, 5.41) is 0.786. The number of aromatic nitrogens is 1. The molecular weight excluding hydrogens is 199 g/mol. The summed E-state index contributed by atoms with van der Waals surface area (Å²) in [6.07, 6.45) is 4.15. The van der Waals surface area contributed by atoms with E-state index in [1.54, 1.807) is 0 Å². The third-order valence-electron chi connectivity index (χ3n) is 1.10. The lowest BCUT2D eigenvalue weighted by Gasteiger charge is -2.06. The highest BCUT2D eigenvalue weighted by atomic mass is 35.5. The van der Waals surface area contributed by atoms with Crippen molar-refractivity contribution in [3.05, 3.63) is 35.3 Å². The minimum absolute atomic E-state index is 0.393. The lowest BCUT2D eigenvalue weighted by molar-refractivity contribution is 0.331. The van der Waals surface area contributed by atoms with Gasteiger partial charge in [0.2, 0.25) is 0 Å². The zero-order valence-corrected chi connectivity index (χ0v) is 7.56. The van der Waals surface area contributed by atoms with Gasteiger partial charge in [0.15, 0.2) is 0 Å². The molecule has 0 saturated carbocycles. The van der Waals surface area contributed by atoms with Crippen LogP contribution in [0.4, 0.5) is 5.69 Å². The maximum absolute atomic E-state index is 5.74. The van der Waals surface area contributed by atoms with Gasteiger partial charge < -0.3 is 4.84 Å². The summed E-state index contributed by atoms with van der Waals surface area (Å²) in [5.74, 6) is 0. The van der Waals surface area contributed by atoms with Crippen molar-refractivity contribution in [2.24, 2.45) is 0 Å². The number of hydrogen-bond donors (Lipinski definition) is 1. The Morgan fingerprint density at radius 2 is 2.00 bits per heavy atom. The Hall–Kier alpha value is -0.930. The van der Waals surface area contributed by atoms with Gasteiger partial charge in [0, 0.05) is 12.4 Å².